The topological polar surface area (TPSA) is 71.8 Å². The molecule has 0 saturated heterocycles. The normalized spacial score (nSPS) is 11.7. The Balaban J connectivity index is 1.80. The second-order valence-corrected chi connectivity index (χ2v) is 6.07. The Labute approximate surface area is 144 Å². The molecule has 5 nitrogen and oxygen atoms in total. The average Bonchev–Trinajstić information content (AvgIpc) is 2.93. The number of alkyl halides is 3. The SMILES string of the molecule is Cc1oc(-c2ccccc2)nc1CSc1nc(C(F)(F)F)cc(=O)[nH]1. The number of aromatic nitrogens is 3. The molecule has 3 aromatic rings. The standard InChI is InChI=1S/C16H12F3N3O2S/c1-9-11(20-14(24-9)10-5-3-2-4-6-10)8-25-15-21-12(16(17,18)19)7-13(23)22-15/h2-7H,8H2,1H3,(H,21,22,23). The van der Waals surface area contributed by atoms with Crippen molar-refractivity contribution in [3.05, 3.63) is 63.9 Å². The molecule has 9 heteroatoms. The van der Waals surface area contributed by atoms with Crippen molar-refractivity contribution in [3.8, 4) is 11.5 Å². The van der Waals surface area contributed by atoms with Gasteiger partial charge in [0.25, 0.3) is 5.56 Å². The molecule has 0 fully saturated rings. The number of nitrogens with one attached hydrogen (secondary N) is 1. The summed E-state index contributed by atoms with van der Waals surface area (Å²) in [5.41, 5.74) is -0.705. The summed E-state index contributed by atoms with van der Waals surface area (Å²) in [5, 5.41) is -0.122. The first kappa shape index (κ1) is 17.3. The Hall–Kier alpha value is -2.55. The lowest BCUT2D eigenvalue weighted by molar-refractivity contribution is -0.141. The number of hydrogen-bond acceptors (Lipinski definition) is 5. The van der Waals surface area contributed by atoms with Gasteiger partial charge >= 0.3 is 6.18 Å². The van der Waals surface area contributed by atoms with Crippen LogP contribution in [0.15, 0.2) is 50.8 Å². The van der Waals surface area contributed by atoms with Gasteiger partial charge in [0.2, 0.25) is 5.89 Å². The van der Waals surface area contributed by atoms with Crippen molar-refractivity contribution in [1.82, 2.24) is 15.0 Å². The number of H-pyrrole nitrogens is 1. The number of thioether (sulfide) groups is 1. The Morgan fingerprint density at radius 1 is 1.20 bits per heavy atom. The van der Waals surface area contributed by atoms with Crippen molar-refractivity contribution in [1.29, 1.82) is 0 Å². The fraction of sp³-hybridized carbons (Fsp3) is 0.188. The predicted molar refractivity (Wildman–Crippen MR) is 86.1 cm³/mol. The monoisotopic (exact) mass is 367 g/mol. The first-order valence-electron chi connectivity index (χ1n) is 7.16. The summed E-state index contributed by atoms with van der Waals surface area (Å²) in [6.07, 6.45) is -4.67. The highest BCUT2D eigenvalue weighted by Crippen LogP contribution is 2.29. The van der Waals surface area contributed by atoms with E-state index >= 15 is 0 Å². The number of nitrogens with zero attached hydrogens (tertiary/aromatic N) is 2. The fourth-order valence-corrected chi connectivity index (χ4v) is 2.93. The van der Waals surface area contributed by atoms with E-state index in [4.69, 9.17) is 4.42 Å². The Kier molecular flexibility index (Phi) is 4.67. The van der Waals surface area contributed by atoms with Crippen LogP contribution in [0.1, 0.15) is 17.1 Å². The molecule has 0 amide bonds. The van der Waals surface area contributed by atoms with Gasteiger partial charge < -0.3 is 9.40 Å². The van der Waals surface area contributed by atoms with Gasteiger partial charge in [0.1, 0.15) is 5.76 Å². The van der Waals surface area contributed by atoms with Crippen LogP contribution in [-0.2, 0) is 11.9 Å². The molecule has 0 spiro atoms. The third-order valence-electron chi connectivity index (χ3n) is 3.27. The van der Waals surface area contributed by atoms with Crippen LogP contribution in [-0.4, -0.2) is 15.0 Å². The Bertz CT molecular complexity index is 936. The zero-order valence-corrected chi connectivity index (χ0v) is 13.7. The maximum atomic E-state index is 12.7. The van der Waals surface area contributed by atoms with E-state index in [9.17, 15) is 18.0 Å². The van der Waals surface area contributed by atoms with Crippen molar-refractivity contribution < 1.29 is 17.6 Å². The lowest BCUT2D eigenvalue weighted by Gasteiger charge is -2.06. The lowest BCUT2D eigenvalue weighted by atomic mass is 10.2. The van der Waals surface area contributed by atoms with Crippen LogP contribution in [0, 0.1) is 6.92 Å². The number of aryl methyl sites for hydroxylation is 1. The fourth-order valence-electron chi connectivity index (χ4n) is 2.05. The maximum absolute atomic E-state index is 12.7. The molecule has 25 heavy (non-hydrogen) atoms. The quantitative estimate of drug-likeness (QED) is 0.556. The van der Waals surface area contributed by atoms with Gasteiger partial charge in [0, 0.05) is 17.4 Å². The third kappa shape index (κ3) is 4.11. The lowest BCUT2D eigenvalue weighted by Crippen LogP contribution is -2.16. The highest BCUT2D eigenvalue weighted by Gasteiger charge is 2.33. The van der Waals surface area contributed by atoms with E-state index in [0.717, 1.165) is 17.3 Å². The summed E-state index contributed by atoms with van der Waals surface area (Å²) in [7, 11) is 0. The molecule has 1 aromatic carbocycles. The summed E-state index contributed by atoms with van der Waals surface area (Å²) >= 11 is 0.951. The molecule has 0 aliphatic carbocycles. The summed E-state index contributed by atoms with van der Waals surface area (Å²) in [6.45, 7) is 1.72. The average molecular weight is 367 g/mol. The molecule has 0 aliphatic heterocycles. The molecule has 3 rings (SSSR count). The molecule has 2 aromatic heterocycles. The molecular formula is C16H12F3N3O2S. The first-order chi connectivity index (χ1) is 11.8. The van der Waals surface area contributed by atoms with E-state index < -0.39 is 17.4 Å². The molecule has 0 bridgehead atoms. The zero-order chi connectivity index (χ0) is 18.0. The number of rotatable bonds is 4. The van der Waals surface area contributed by atoms with Crippen LogP contribution < -0.4 is 5.56 Å². The molecule has 0 atom stereocenters. The summed E-state index contributed by atoms with van der Waals surface area (Å²) in [4.78, 5) is 21.5. The van der Waals surface area contributed by atoms with Crippen molar-refractivity contribution >= 4 is 11.8 Å². The van der Waals surface area contributed by atoms with E-state index in [2.05, 4.69) is 15.0 Å². The largest absolute Gasteiger partial charge is 0.441 e. The van der Waals surface area contributed by atoms with E-state index in [-0.39, 0.29) is 10.9 Å². The summed E-state index contributed by atoms with van der Waals surface area (Å²) in [5.74, 6) is 1.20. The smallest absolute Gasteiger partial charge is 0.433 e. The van der Waals surface area contributed by atoms with Crippen LogP contribution in [0.3, 0.4) is 0 Å². The van der Waals surface area contributed by atoms with Gasteiger partial charge in [-0.15, -0.1) is 0 Å². The zero-order valence-electron chi connectivity index (χ0n) is 12.9. The molecule has 0 aliphatic rings. The van der Waals surface area contributed by atoms with Gasteiger partial charge in [-0.1, -0.05) is 30.0 Å². The number of oxazole rings is 1. The maximum Gasteiger partial charge on any atom is 0.433 e. The molecule has 2 heterocycles. The summed E-state index contributed by atoms with van der Waals surface area (Å²) in [6, 6.07) is 9.67. The van der Waals surface area contributed by atoms with E-state index in [1.807, 2.05) is 30.3 Å². The second-order valence-electron chi connectivity index (χ2n) is 5.11. The van der Waals surface area contributed by atoms with Gasteiger partial charge in [-0.2, -0.15) is 13.2 Å². The van der Waals surface area contributed by atoms with Crippen LogP contribution >= 0.6 is 11.8 Å². The Morgan fingerprint density at radius 2 is 1.92 bits per heavy atom. The van der Waals surface area contributed by atoms with Crippen molar-refractivity contribution in [2.45, 2.75) is 24.0 Å². The number of benzene rings is 1. The van der Waals surface area contributed by atoms with Gasteiger partial charge in [-0.05, 0) is 19.1 Å². The molecule has 1 N–H and O–H groups in total. The van der Waals surface area contributed by atoms with Crippen LogP contribution in [0.25, 0.3) is 11.5 Å². The molecule has 0 saturated carbocycles. The van der Waals surface area contributed by atoms with Crippen LogP contribution in [0.2, 0.25) is 0 Å². The molecule has 0 unspecified atom stereocenters. The number of halogens is 3. The summed E-state index contributed by atoms with van der Waals surface area (Å²) < 4.78 is 43.7. The number of aromatic amines is 1. The highest BCUT2D eigenvalue weighted by molar-refractivity contribution is 7.98. The van der Waals surface area contributed by atoms with Gasteiger partial charge in [0.05, 0.1) is 5.69 Å². The van der Waals surface area contributed by atoms with Crippen LogP contribution in [0.4, 0.5) is 13.2 Å². The van der Waals surface area contributed by atoms with E-state index in [0.29, 0.717) is 23.4 Å². The molecule has 130 valence electrons. The first-order valence-corrected chi connectivity index (χ1v) is 8.14. The van der Waals surface area contributed by atoms with Crippen molar-refractivity contribution in [2.24, 2.45) is 0 Å². The highest BCUT2D eigenvalue weighted by atomic mass is 32.2. The minimum absolute atomic E-state index is 0.122. The van der Waals surface area contributed by atoms with Crippen LogP contribution in [0.5, 0.6) is 0 Å². The van der Waals surface area contributed by atoms with Crippen molar-refractivity contribution in [3.63, 3.8) is 0 Å². The van der Waals surface area contributed by atoms with Crippen molar-refractivity contribution in [2.75, 3.05) is 0 Å². The molecular weight excluding hydrogens is 355 g/mol. The van der Waals surface area contributed by atoms with Gasteiger partial charge in [-0.3, -0.25) is 4.79 Å². The minimum atomic E-state index is -4.67. The van der Waals surface area contributed by atoms with Gasteiger partial charge in [0.15, 0.2) is 10.9 Å². The number of hydrogen-bond donors (Lipinski definition) is 1. The minimum Gasteiger partial charge on any atom is -0.441 e. The van der Waals surface area contributed by atoms with Gasteiger partial charge in [-0.25, -0.2) is 9.97 Å². The second kappa shape index (κ2) is 6.75. The third-order valence-corrected chi connectivity index (χ3v) is 4.15. The predicted octanol–water partition coefficient (Wildman–Crippen LogP) is 4.04. The molecule has 0 radical (unpaired) electrons. The van der Waals surface area contributed by atoms with E-state index in [1.165, 1.54) is 0 Å². The van der Waals surface area contributed by atoms with E-state index in [1.54, 1.807) is 6.92 Å². The Morgan fingerprint density at radius 3 is 2.60 bits per heavy atom.